The lowest BCUT2D eigenvalue weighted by atomic mass is 9.90. The lowest BCUT2D eigenvalue weighted by molar-refractivity contribution is -0.139. The molecule has 1 N–H and O–H groups in total. The average Bonchev–Trinajstić information content (AvgIpc) is 2.15. The Morgan fingerprint density at radius 3 is 2.27 bits per heavy atom. The summed E-state index contributed by atoms with van der Waals surface area (Å²) in [6.45, 7) is 3.94. The quantitative estimate of drug-likeness (QED) is 0.829. The summed E-state index contributed by atoms with van der Waals surface area (Å²) < 4.78 is 12.7. The highest BCUT2D eigenvalue weighted by Gasteiger charge is 2.20. The van der Waals surface area contributed by atoms with E-state index in [0.717, 1.165) is 0 Å². The van der Waals surface area contributed by atoms with Crippen molar-refractivity contribution in [1.29, 1.82) is 0 Å². The molecule has 2 nitrogen and oxygen atoms in total. The van der Waals surface area contributed by atoms with Gasteiger partial charge in [0, 0.05) is 0 Å². The van der Waals surface area contributed by atoms with E-state index in [4.69, 9.17) is 5.11 Å². The van der Waals surface area contributed by atoms with Gasteiger partial charge in [0.15, 0.2) is 0 Å². The van der Waals surface area contributed by atoms with Crippen molar-refractivity contribution in [2.24, 2.45) is 5.92 Å². The highest BCUT2D eigenvalue weighted by molar-refractivity contribution is 5.76. The standard InChI is InChI=1S/C12H15FO2/c1-8(2)7-11(12(14)15)9-3-5-10(13)6-4-9/h3-6,8,11H,7H2,1-2H3,(H,14,15). The van der Waals surface area contributed by atoms with Gasteiger partial charge in [0.1, 0.15) is 5.82 Å². The van der Waals surface area contributed by atoms with Gasteiger partial charge < -0.3 is 5.11 Å². The summed E-state index contributed by atoms with van der Waals surface area (Å²) in [5.41, 5.74) is 0.664. The molecule has 0 saturated heterocycles. The number of carboxylic acid groups (broad SMARTS) is 1. The van der Waals surface area contributed by atoms with E-state index in [-0.39, 0.29) is 5.82 Å². The van der Waals surface area contributed by atoms with Gasteiger partial charge in [-0.15, -0.1) is 0 Å². The predicted molar refractivity (Wildman–Crippen MR) is 56.2 cm³/mol. The summed E-state index contributed by atoms with van der Waals surface area (Å²) in [4.78, 5) is 11.0. The molecule has 0 aliphatic carbocycles. The van der Waals surface area contributed by atoms with Crippen molar-refractivity contribution in [3.8, 4) is 0 Å². The van der Waals surface area contributed by atoms with Gasteiger partial charge in [-0.25, -0.2) is 4.39 Å². The van der Waals surface area contributed by atoms with Crippen molar-refractivity contribution in [3.05, 3.63) is 35.6 Å². The van der Waals surface area contributed by atoms with Crippen LogP contribution in [0.5, 0.6) is 0 Å². The summed E-state index contributed by atoms with van der Waals surface area (Å²) >= 11 is 0. The van der Waals surface area contributed by atoms with Crippen molar-refractivity contribution in [2.45, 2.75) is 26.2 Å². The first-order valence-electron chi connectivity index (χ1n) is 4.99. The Hall–Kier alpha value is -1.38. The lowest BCUT2D eigenvalue weighted by Crippen LogP contribution is -2.13. The maximum Gasteiger partial charge on any atom is 0.310 e. The van der Waals surface area contributed by atoms with E-state index >= 15 is 0 Å². The van der Waals surface area contributed by atoms with Crippen LogP contribution < -0.4 is 0 Å². The summed E-state index contributed by atoms with van der Waals surface area (Å²) in [6.07, 6.45) is 0.570. The van der Waals surface area contributed by atoms with E-state index in [0.29, 0.717) is 17.9 Å². The minimum Gasteiger partial charge on any atom is -0.481 e. The smallest absolute Gasteiger partial charge is 0.310 e. The van der Waals surface area contributed by atoms with Crippen molar-refractivity contribution in [1.82, 2.24) is 0 Å². The molecule has 15 heavy (non-hydrogen) atoms. The molecule has 0 aliphatic heterocycles. The van der Waals surface area contributed by atoms with E-state index < -0.39 is 11.9 Å². The van der Waals surface area contributed by atoms with Crippen LogP contribution in [-0.2, 0) is 4.79 Å². The molecule has 1 rings (SSSR count). The van der Waals surface area contributed by atoms with Crippen LogP contribution in [0.4, 0.5) is 4.39 Å². The number of benzene rings is 1. The zero-order valence-corrected chi connectivity index (χ0v) is 8.90. The largest absolute Gasteiger partial charge is 0.481 e. The second-order valence-electron chi connectivity index (χ2n) is 4.07. The van der Waals surface area contributed by atoms with E-state index in [1.54, 1.807) is 0 Å². The second-order valence-corrected chi connectivity index (χ2v) is 4.07. The van der Waals surface area contributed by atoms with E-state index in [2.05, 4.69) is 0 Å². The number of hydrogen-bond acceptors (Lipinski definition) is 1. The van der Waals surface area contributed by atoms with Gasteiger partial charge in [-0.2, -0.15) is 0 Å². The molecule has 1 unspecified atom stereocenters. The molecular formula is C12H15FO2. The highest BCUT2D eigenvalue weighted by Crippen LogP contribution is 2.24. The molecule has 82 valence electrons. The number of carbonyl (C=O) groups is 1. The molecule has 1 atom stereocenters. The minimum absolute atomic E-state index is 0.302. The molecular weight excluding hydrogens is 195 g/mol. The zero-order chi connectivity index (χ0) is 11.4. The molecule has 0 fully saturated rings. The molecule has 0 bridgehead atoms. The van der Waals surface area contributed by atoms with Crippen molar-refractivity contribution in [3.63, 3.8) is 0 Å². The van der Waals surface area contributed by atoms with Crippen LogP contribution in [0.1, 0.15) is 31.7 Å². The van der Waals surface area contributed by atoms with Crippen LogP contribution in [0.15, 0.2) is 24.3 Å². The molecule has 0 saturated carbocycles. The third-order valence-corrected chi connectivity index (χ3v) is 2.28. The van der Waals surface area contributed by atoms with Crippen molar-refractivity contribution >= 4 is 5.97 Å². The number of carboxylic acids is 1. The van der Waals surface area contributed by atoms with Gasteiger partial charge in [-0.3, -0.25) is 4.79 Å². The minimum atomic E-state index is -0.852. The topological polar surface area (TPSA) is 37.3 Å². The first-order valence-corrected chi connectivity index (χ1v) is 4.99. The van der Waals surface area contributed by atoms with Gasteiger partial charge in [-0.1, -0.05) is 26.0 Å². The van der Waals surface area contributed by atoms with Gasteiger partial charge >= 0.3 is 5.97 Å². The second kappa shape index (κ2) is 4.91. The Balaban J connectivity index is 2.89. The number of aliphatic carboxylic acids is 1. The van der Waals surface area contributed by atoms with E-state index in [9.17, 15) is 9.18 Å². The molecule has 0 radical (unpaired) electrons. The van der Waals surface area contributed by atoms with Crippen molar-refractivity contribution in [2.75, 3.05) is 0 Å². The Bertz CT molecular complexity index is 330. The monoisotopic (exact) mass is 210 g/mol. The fraction of sp³-hybridized carbons (Fsp3) is 0.417. The Kier molecular flexibility index (Phi) is 3.83. The van der Waals surface area contributed by atoms with Crippen LogP contribution in [0.25, 0.3) is 0 Å². The van der Waals surface area contributed by atoms with Crippen LogP contribution in [0.3, 0.4) is 0 Å². The summed E-state index contributed by atoms with van der Waals surface area (Å²) in [5.74, 6) is -1.43. The molecule has 0 aromatic heterocycles. The Morgan fingerprint density at radius 1 is 1.33 bits per heavy atom. The fourth-order valence-electron chi connectivity index (χ4n) is 1.55. The molecule has 1 aromatic carbocycles. The van der Waals surface area contributed by atoms with E-state index in [1.165, 1.54) is 24.3 Å². The lowest BCUT2D eigenvalue weighted by Gasteiger charge is -2.14. The maximum atomic E-state index is 12.7. The summed E-state index contributed by atoms with van der Waals surface area (Å²) in [6, 6.07) is 5.67. The van der Waals surface area contributed by atoms with Gasteiger partial charge in [0.25, 0.3) is 0 Å². The maximum absolute atomic E-state index is 12.7. The first kappa shape index (κ1) is 11.7. The summed E-state index contributed by atoms with van der Waals surface area (Å²) in [5, 5.41) is 9.05. The molecule has 0 heterocycles. The Labute approximate surface area is 88.7 Å². The molecule has 0 spiro atoms. The van der Waals surface area contributed by atoms with Crippen LogP contribution in [0, 0.1) is 11.7 Å². The number of rotatable bonds is 4. The molecule has 0 amide bonds. The number of halogens is 1. The highest BCUT2D eigenvalue weighted by atomic mass is 19.1. The van der Waals surface area contributed by atoms with Gasteiger partial charge in [-0.05, 0) is 30.0 Å². The van der Waals surface area contributed by atoms with E-state index in [1.807, 2.05) is 13.8 Å². The predicted octanol–water partition coefficient (Wildman–Crippen LogP) is 3.04. The normalized spacial score (nSPS) is 12.8. The Morgan fingerprint density at radius 2 is 1.87 bits per heavy atom. The fourth-order valence-corrected chi connectivity index (χ4v) is 1.55. The third-order valence-electron chi connectivity index (χ3n) is 2.28. The number of hydrogen-bond donors (Lipinski definition) is 1. The van der Waals surface area contributed by atoms with Crippen LogP contribution >= 0.6 is 0 Å². The zero-order valence-electron chi connectivity index (χ0n) is 8.90. The van der Waals surface area contributed by atoms with Gasteiger partial charge in [0.2, 0.25) is 0 Å². The van der Waals surface area contributed by atoms with Crippen LogP contribution in [-0.4, -0.2) is 11.1 Å². The van der Waals surface area contributed by atoms with Gasteiger partial charge in [0.05, 0.1) is 5.92 Å². The third kappa shape index (κ3) is 3.35. The molecule has 1 aromatic rings. The van der Waals surface area contributed by atoms with Crippen molar-refractivity contribution < 1.29 is 14.3 Å². The molecule has 0 aliphatic rings. The SMILES string of the molecule is CC(C)CC(C(=O)O)c1ccc(F)cc1. The first-order chi connectivity index (χ1) is 7.00. The molecule has 3 heteroatoms. The average molecular weight is 210 g/mol. The summed E-state index contributed by atoms with van der Waals surface area (Å²) in [7, 11) is 0. The van der Waals surface area contributed by atoms with Crippen LogP contribution in [0.2, 0.25) is 0 Å².